The van der Waals surface area contributed by atoms with Crippen LogP contribution in [-0.4, -0.2) is 34.6 Å². The first kappa shape index (κ1) is 19.2. The predicted octanol–water partition coefficient (Wildman–Crippen LogP) is 4.78. The van der Waals surface area contributed by atoms with E-state index in [1.54, 1.807) is 17.4 Å². The Hall–Kier alpha value is -2.15. The van der Waals surface area contributed by atoms with E-state index in [2.05, 4.69) is 17.2 Å². The van der Waals surface area contributed by atoms with Crippen LogP contribution in [0.2, 0.25) is 0 Å². The van der Waals surface area contributed by atoms with Crippen LogP contribution < -0.4 is 10.1 Å². The second-order valence-corrected chi connectivity index (χ2v) is 9.59. The van der Waals surface area contributed by atoms with Crippen molar-refractivity contribution in [1.82, 2.24) is 15.2 Å². The van der Waals surface area contributed by atoms with E-state index in [9.17, 15) is 9.18 Å². The third kappa shape index (κ3) is 3.99. The van der Waals surface area contributed by atoms with Gasteiger partial charge in [0.15, 0.2) is 0 Å². The fourth-order valence-corrected chi connectivity index (χ4v) is 5.03. The second-order valence-electron chi connectivity index (χ2n) is 8.32. The van der Waals surface area contributed by atoms with Crippen molar-refractivity contribution in [2.24, 2.45) is 0 Å². The lowest BCUT2D eigenvalue weighted by Gasteiger charge is -2.39. The molecule has 4 rings (SSSR count). The molecule has 0 bridgehead atoms. The molecule has 1 aromatic heterocycles. The molecular weight excluding hydrogens is 377 g/mol. The number of aryl methyl sites for hydroxylation is 1. The lowest BCUT2D eigenvalue weighted by Crippen LogP contribution is -2.48. The molecule has 1 atom stereocenters. The molecule has 0 aliphatic carbocycles. The fourth-order valence-electron chi connectivity index (χ4n) is 4.08. The number of urea groups is 1. The smallest absolute Gasteiger partial charge is 0.317 e. The topological polar surface area (TPSA) is 54.5 Å². The highest BCUT2D eigenvalue weighted by Crippen LogP contribution is 2.40. The molecular formula is C21H26FN3O2S. The average Bonchev–Trinajstić information content (AvgIpc) is 3.07. The quantitative estimate of drug-likeness (QED) is 0.785. The third-order valence-corrected chi connectivity index (χ3v) is 6.58. The number of halogens is 1. The van der Waals surface area contributed by atoms with Gasteiger partial charge >= 0.3 is 6.03 Å². The molecule has 1 aromatic carbocycles. The average molecular weight is 404 g/mol. The van der Waals surface area contributed by atoms with Gasteiger partial charge in [0, 0.05) is 48.1 Å². The van der Waals surface area contributed by atoms with Gasteiger partial charge in [-0.15, -0.1) is 11.3 Å². The number of fused-ring (bicyclic) bond motifs is 1. The number of amides is 2. The van der Waals surface area contributed by atoms with Gasteiger partial charge < -0.3 is 15.0 Å². The Morgan fingerprint density at radius 2 is 2.11 bits per heavy atom. The summed E-state index contributed by atoms with van der Waals surface area (Å²) >= 11 is 1.75. The van der Waals surface area contributed by atoms with Crippen LogP contribution in [0.5, 0.6) is 5.75 Å². The number of nitrogens with zero attached hydrogens (tertiary/aromatic N) is 2. The SMILES string of the molecule is Cc1cnc(C2CCN(C(=O)NC3CC(C)(C)Oc4cc(F)ccc43)CC2)s1. The summed E-state index contributed by atoms with van der Waals surface area (Å²) in [7, 11) is 0. The number of carbonyl (C=O) groups is 1. The van der Waals surface area contributed by atoms with Crippen molar-refractivity contribution in [1.29, 1.82) is 0 Å². The third-order valence-electron chi connectivity index (χ3n) is 5.50. The number of likely N-dealkylation sites (tertiary alicyclic amines) is 1. The molecule has 2 aliphatic rings. The van der Waals surface area contributed by atoms with Gasteiger partial charge in [-0.3, -0.25) is 0 Å². The van der Waals surface area contributed by atoms with Crippen molar-refractivity contribution in [3.8, 4) is 5.75 Å². The van der Waals surface area contributed by atoms with Crippen LogP contribution >= 0.6 is 11.3 Å². The molecule has 0 saturated carbocycles. The van der Waals surface area contributed by atoms with Crippen molar-refractivity contribution in [2.75, 3.05) is 13.1 Å². The summed E-state index contributed by atoms with van der Waals surface area (Å²) < 4.78 is 19.5. The van der Waals surface area contributed by atoms with E-state index in [-0.39, 0.29) is 17.9 Å². The van der Waals surface area contributed by atoms with E-state index >= 15 is 0 Å². The lowest BCUT2D eigenvalue weighted by atomic mass is 9.89. The maximum absolute atomic E-state index is 13.6. The van der Waals surface area contributed by atoms with Crippen molar-refractivity contribution in [3.63, 3.8) is 0 Å². The fraction of sp³-hybridized carbons (Fsp3) is 0.524. The molecule has 2 aliphatic heterocycles. The maximum Gasteiger partial charge on any atom is 0.317 e. The van der Waals surface area contributed by atoms with Gasteiger partial charge in [-0.1, -0.05) is 6.07 Å². The van der Waals surface area contributed by atoms with Crippen LogP contribution in [0.4, 0.5) is 9.18 Å². The largest absolute Gasteiger partial charge is 0.487 e. The standard InChI is InChI=1S/C21H26FN3O2S/c1-13-12-23-19(28-13)14-6-8-25(9-7-14)20(26)24-17-11-21(2,3)27-18-10-15(22)4-5-16(17)18/h4-5,10,12,14,17H,6-9,11H2,1-3H3,(H,24,26). The Balaban J connectivity index is 1.41. The van der Waals surface area contributed by atoms with E-state index in [4.69, 9.17) is 4.74 Å². The zero-order valence-electron chi connectivity index (χ0n) is 16.5. The van der Waals surface area contributed by atoms with Crippen LogP contribution in [-0.2, 0) is 0 Å². The van der Waals surface area contributed by atoms with Crippen LogP contribution in [0.25, 0.3) is 0 Å². The number of ether oxygens (including phenoxy) is 1. The normalized spacial score (nSPS) is 21.7. The molecule has 3 heterocycles. The Morgan fingerprint density at radius 1 is 1.36 bits per heavy atom. The molecule has 1 fully saturated rings. The van der Waals surface area contributed by atoms with Gasteiger partial charge in [0.05, 0.1) is 11.0 Å². The molecule has 2 aromatic rings. The summed E-state index contributed by atoms with van der Waals surface area (Å²) in [5.74, 6) is 0.619. The zero-order chi connectivity index (χ0) is 19.9. The molecule has 1 unspecified atom stereocenters. The van der Waals surface area contributed by atoms with Gasteiger partial charge in [-0.2, -0.15) is 0 Å². The van der Waals surface area contributed by atoms with Crippen molar-refractivity contribution in [2.45, 2.75) is 57.6 Å². The van der Waals surface area contributed by atoms with E-state index < -0.39 is 5.60 Å². The second kappa shape index (κ2) is 7.35. The summed E-state index contributed by atoms with van der Waals surface area (Å²) in [5.41, 5.74) is 0.372. The molecule has 0 radical (unpaired) electrons. The predicted molar refractivity (Wildman–Crippen MR) is 107 cm³/mol. The molecule has 28 heavy (non-hydrogen) atoms. The van der Waals surface area contributed by atoms with Crippen LogP contribution in [0.1, 0.15) is 60.5 Å². The zero-order valence-corrected chi connectivity index (χ0v) is 17.3. The van der Waals surface area contributed by atoms with E-state index in [0.29, 0.717) is 18.1 Å². The molecule has 1 N–H and O–H groups in total. The van der Waals surface area contributed by atoms with Crippen LogP contribution in [0, 0.1) is 12.7 Å². The minimum absolute atomic E-state index is 0.0632. The number of piperidine rings is 1. The lowest BCUT2D eigenvalue weighted by molar-refractivity contribution is 0.0657. The Morgan fingerprint density at radius 3 is 2.79 bits per heavy atom. The number of carbonyl (C=O) groups excluding carboxylic acids is 1. The highest BCUT2D eigenvalue weighted by molar-refractivity contribution is 7.11. The summed E-state index contributed by atoms with van der Waals surface area (Å²) in [6.07, 6.45) is 4.43. The summed E-state index contributed by atoms with van der Waals surface area (Å²) in [6, 6.07) is 4.28. The molecule has 0 spiro atoms. The molecule has 7 heteroatoms. The Kier molecular flexibility index (Phi) is 5.04. The Bertz CT molecular complexity index is 874. The number of thiazole rings is 1. The number of rotatable bonds is 2. The van der Waals surface area contributed by atoms with Crippen LogP contribution in [0.3, 0.4) is 0 Å². The number of nitrogens with one attached hydrogen (secondary N) is 1. The first-order chi connectivity index (χ1) is 13.3. The Labute approximate surface area is 168 Å². The number of aromatic nitrogens is 1. The van der Waals surface area contributed by atoms with Crippen LogP contribution in [0.15, 0.2) is 24.4 Å². The molecule has 150 valence electrons. The van der Waals surface area contributed by atoms with E-state index in [1.165, 1.54) is 22.0 Å². The first-order valence-corrected chi connectivity index (χ1v) is 10.6. The molecule has 2 amide bonds. The summed E-state index contributed by atoms with van der Waals surface area (Å²) in [4.78, 5) is 20.5. The highest BCUT2D eigenvalue weighted by atomic mass is 32.1. The summed E-state index contributed by atoms with van der Waals surface area (Å²) in [5, 5.41) is 4.33. The van der Waals surface area contributed by atoms with Crippen molar-refractivity contribution >= 4 is 17.4 Å². The van der Waals surface area contributed by atoms with Gasteiger partial charge in [0.25, 0.3) is 0 Å². The minimum atomic E-state index is -0.464. The van der Waals surface area contributed by atoms with Gasteiger partial charge in [0.2, 0.25) is 0 Å². The van der Waals surface area contributed by atoms with Gasteiger partial charge in [0.1, 0.15) is 17.2 Å². The molecule has 5 nitrogen and oxygen atoms in total. The number of hydrogen-bond donors (Lipinski definition) is 1. The number of hydrogen-bond acceptors (Lipinski definition) is 4. The van der Waals surface area contributed by atoms with E-state index in [0.717, 1.165) is 31.5 Å². The van der Waals surface area contributed by atoms with E-state index in [1.807, 2.05) is 24.9 Å². The maximum atomic E-state index is 13.6. The van der Waals surface area contributed by atoms with Gasteiger partial charge in [-0.05, 0) is 39.7 Å². The van der Waals surface area contributed by atoms with Gasteiger partial charge in [-0.25, -0.2) is 14.2 Å². The monoisotopic (exact) mass is 403 g/mol. The summed E-state index contributed by atoms with van der Waals surface area (Å²) in [6.45, 7) is 7.43. The number of benzene rings is 1. The minimum Gasteiger partial charge on any atom is -0.487 e. The highest BCUT2D eigenvalue weighted by Gasteiger charge is 2.36. The molecule has 1 saturated heterocycles. The first-order valence-electron chi connectivity index (χ1n) is 9.77. The van der Waals surface area contributed by atoms with Crippen molar-refractivity contribution in [3.05, 3.63) is 45.7 Å². The van der Waals surface area contributed by atoms with Crippen molar-refractivity contribution < 1.29 is 13.9 Å².